The van der Waals surface area contributed by atoms with Crippen LogP contribution in [0.25, 0.3) is 0 Å². The Morgan fingerprint density at radius 3 is 2.69 bits per heavy atom. The summed E-state index contributed by atoms with van der Waals surface area (Å²) in [4.78, 5) is 20.0. The number of morpholine rings is 1. The number of aromatic nitrogens is 1. The molecule has 0 unspecified atom stereocenters. The predicted octanol–water partition coefficient (Wildman–Crippen LogP) is 3.40. The van der Waals surface area contributed by atoms with Crippen LogP contribution >= 0.6 is 11.3 Å². The molecular formula is C20H25N3O2S. The zero-order valence-corrected chi connectivity index (χ0v) is 16.0. The third kappa shape index (κ3) is 3.54. The van der Waals surface area contributed by atoms with Crippen LogP contribution in [0.15, 0.2) is 24.5 Å². The molecule has 1 saturated heterocycles. The zero-order valence-electron chi connectivity index (χ0n) is 15.2. The molecule has 3 heterocycles. The number of anilines is 1. The second-order valence-corrected chi connectivity index (χ2v) is 8.07. The van der Waals surface area contributed by atoms with Crippen molar-refractivity contribution in [3.05, 3.63) is 46.1 Å². The third-order valence-corrected chi connectivity index (χ3v) is 6.43. The molecule has 0 saturated carbocycles. The maximum atomic E-state index is 11.9. The summed E-state index contributed by atoms with van der Waals surface area (Å²) < 4.78 is 5.59. The molecule has 0 bridgehead atoms. The van der Waals surface area contributed by atoms with Crippen LogP contribution in [-0.4, -0.2) is 42.1 Å². The molecule has 26 heavy (non-hydrogen) atoms. The van der Waals surface area contributed by atoms with Crippen molar-refractivity contribution in [2.45, 2.75) is 38.6 Å². The van der Waals surface area contributed by atoms with Crippen molar-refractivity contribution < 1.29 is 9.53 Å². The molecule has 1 N–H and O–H groups in total. The van der Waals surface area contributed by atoms with E-state index in [-0.39, 0.29) is 11.9 Å². The van der Waals surface area contributed by atoms with Crippen LogP contribution in [0.1, 0.15) is 47.4 Å². The molecular weight excluding hydrogens is 346 g/mol. The van der Waals surface area contributed by atoms with Gasteiger partial charge in [-0.3, -0.25) is 14.7 Å². The van der Waals surface area contributed by atoms with Gasteiger partial charge in [-0.15, -0.1) is 11.3 Å². The molecule has 2 aromatic heterocycles. The summed E-state index contributed by atoms with van der Waals surface area (Å²) in [7, 11) is 0. The van der Waals surface area contributed by atoms with Gasteiger partial charge in [0.05, 0.1) is 19.3 Å². The van der Waals surface area contributed by atoms with E-state index in [0.717, 1.165) is 44.1 Å². The van der Waals surface area contributed by atoms with E-state index in [1.165, 1.54) is 34.4 Å². The van der Waals surface area contributed by atoms with Crippen LogP contribution in [0.2, 0.25) is 0 Å². The number of ether oxygens (including phenoxy) is 1. The number of hydrogen-bond donors (Lipinski definition) is 1. The molecule has 6 heteroatoms. The molecule has 2 aliphatic rings. The topological polar surface area (TPSA) is 54.5 Å². The van der Waals surface area contributed by atoms with Gasteiger partial charge in [-0.2, -0.15) is 0 Å². The number of hydrogen-bond acceptors (Lipinski definition) is 5. The average molecular weight is 372 g/mol. The lowest BCUT2D eigenvalue weighted by atomic mass is 9.89. The molecule has 138 valence electrons. The summed E-state index contributed by atoms with van der Waals surface area (Å²) in [6, 6.07) is 4.34. The molecule has 1 atom stereocenters. The summed E-state index contributed by atoms with van der Waals surface area (Å²) in [5.74, 6) is 0.000280. The van der Waals surface area contributed by atoms with Gasteiger partial charge in [0.2, 0.25) is 5.91 Å². The van der Waals surface area contributed by atoms with E-state index in [1.54, 1.807) is 18.3 Å². The van der Waals surface area contributed by atoms with Gasteiger partial charge in [-0.05, 0) is 48.9 Å². The first-order valence-corrected chi connectivity index (χ1v) is 10.2. The fraction of sp³-hybridized carbons (Fsp3) is 0.500. The van der Waals surface area contributed by atoms with Crippen molar-refractivity contribution in [2.24, 2.45) is 0 Å². The van der Waals surface area contributed by atoms with Gasteiger partial charge in [-0.1, -0.05) is 0 Å². The van der Waals surface area contributed by atoms with Gasteiger partial charge in [0, 0.05) is 42.8 Å². The van der Waals surface area contributed by atoms with Crippen LogP contribution in [-0.2, 0) is 22.4 Å². The van der Waals surface area contributed by atoms with Gasteiger partial charge < -0.3 is 10.1 Å². The van der Waals surface area contributed by atoms with E-state index in [1.807, 2.05) is 12.4 Å². The molecule has 0 radical (unpaired) electrons. The number of nitrogens with zero attached hydrogens (tertiary/aromatic N) is 2. The van der Waals surface area contributed by atoms with E-state index < -0.39 is 0 Å². The summed E-state index contributed by atoms with van der Waals surface area (Å²) in [6.07, 6.45) is 8.41. The highest BCUT2D eigenvalue weighted by Crippen LogP contribution is 2.45. The minimum Gasteiger partial charge on any atom is -0.379 e. The maximum absolute atomic E-state index is 11.9. The first-order valence-electron chi connectivity index (χ1n) is 9.38. The zero-order chi connectivity index (χ0) is 17.9. The molecule has 1 aliphatic carbocycles. The largest absolute Gasteiger partial charge is 0.379 e. The normalized spacial score (nSPS) is 19.0. The molecule has 1 aliphatic heterocycles. The second-order valence-electron chi connectivity index (χ2n) is 6.97. The Hall–Kier alpha value is -1.76. The maximum Gasteiger partial charge on any atom is 0.221 e. The number of thiophene rings is 1. The van der Waals surface area contributed by atoms with Gasteiger partial charge in [0.1, 0.15) is 5.00 Å². The van der Waals surface area contributed by atoms with Gasteiger partial charge in [-0.25, -0.2) is 0 Å². The molecule has 1 fully saturated rings. The van der Waals surface area contributed by atoms with Gasteiger partial charge >= 0.3 is 0 Å². The number of carbonyl (C=O) groups is 1. The summed E-state index contributed by atoms with van der Waals surface area (Å²) in [5, 5.41) is 4.15. The fourth-order valence-electron chi connectivity index (χ4n) is 4.07. The number of aryl methyl sites for hydroxylation is 1. The number of rotatable bonds is 4. The van der Waals surface area contributed by atoms with Crippen molar-refractivity contribution in [2.75, 3.05) is 31.6 Å². The van der Waals surface area contributed by atoms with E-state index in [0.29, 0.717) is 0 Å². The Labute approximate surface area is 158 Å². The fourth-order valence-corrected chi connectivity index (χ4v) is 5.44. The quantitative estimate of drug-likeness (QED) is 0.895. The van der Waals surface area contributed by atoms with Crippen LogP contribution < -0.4 is 5.32 Å². The molecule has 1 amide bonds. The van der Waals surface area contributed by atoms with E-state index >= 15 is 0 Å². The molecule has 4 rings (SSSR count). The molecule has 0 spiro atoms. The average Bonchev–Trinajstić information content (AvgIpc) is 3.01. The minimum atomic E-state index is 0.000280. The Balaban J connectivity index is 1.84. The van der Waals surface area contributed by atoms with Gasteiger partial charge in [0.25, 0.3) is 0 Å². The predicted molar refractivity (Wildman–Crippen MR) is 104 cm³/mol. The molecule has 2 aromatic rings. The van der Waals surface area contributed by atoms with Crippen LogP contribution in [0.3, 0.4) is 0 Å². The highest BCUT2D eigenvalue weighted by atomic mass is 32.1. The summed E-state index contributed by atoms with van der Waals surface area (Å²) in [5.41, 5.74) is 3.99. The van der Waals surface area contributed by atoms with Crippen molar-refractivity contribution >= 4 is 22.2 Å². The summed E-state index contributed by atoms with van der Waals surface area (Å²) >= 11 is 1.77. The Morgan fingerprint density at radius 1 is 1.23 bits per heavy atom. The van der Waals surface area contributed by atoms with Crippen LogP contribution in [0.5, 0.6) is 0 Å². The van der Waals surface area contributed by atoms with Crippen molar-refractivity contribution in [3.63, 3.8) is 0 Å². The van der Waals surface area contributed by atoms with Crippen LogP contribution in [0, 0.1) is 0 Å². The second kappa shape index (κ2) is 7.86. The van der Waals surface area contributed by atoms with Crippen molar-refractivity contribution in [1.82, 2.24) is 9.88 Å². The monoisotopic (exact) mass is 371 g/mol. The van der Waals surface area contributed by atoms with Crippen molar-refractivity contribution in [3.8, 4) is 0 Å². The number of nitrogens with one attached hydrogen (secondary N) is 1. The number of carbonyl (C=O) groups excluding carboxylic acids is 1. The standard InChI is InChI=1S/C20H25N3O2S/c1-14(24)22-20-18(16-4-2-3-5-17(16)26-20)19(15-6-8-21-9-7-15)23-10-12-25-13-11-23/h6-9,19H,2-5,10-13H2,1H3,(H,22,24)/t19-/m1/s1. The third-order valence-electron chi connectivity index (χ3n) is 5.21. The smallest absolute Gasteiger partial charge is 0.221 e. The molecule has 5 nitrogen and oxygen atoms in total. The first-order chi connectivity index (χ1) is 12.7. The number of pyridine rings is 1. The molecule has 0 aromatic carbocycles. The Morgan fingerprint density at radius 2 is 1.96 bits per heavy atom. The highest BCUT2D eigenvalue weighted by Gasteiger charge is 2.32. The SMILES string of the molecule is CC(=O)Nc1sc2c(c1[C@@H](c1ccncc1)N1CCOCC1)CCCC2. The lowest BCUT2D eigenvalue weighted by molar-refractivity contribution is -0.114. The minimum absolute atomic E-state index is 0.000280. The Kier molecular flexibility index (Phi) is 5.33. The van der Waals surface area contributed by atoms with E-state index in [9.17, 15) is 4.79 Å². The lowest BCUT2D eigenvalue weighted by Gasteiger charge is -2.36. The highest BCUT2D eigenvalue weighted by molar-refractivity contribution is 7.16. The van der Waals surface area contributed by atoms with Crippen LogP contribution in [0.4, 0.5) is 5.00 Å². The Bertz CT molecular complexity index is 769. The number of amides is 1. The lowest BCUT2D eigenvalue weighted by Crippen LogP contribution is -2.40. The first kappa shape index (κ1) is 17.6. The van der Waals surface area contributed by atoms with Gasteiger partial charge in [0.15, 0.2) is 0 Å². The van der Waals surface area contributed by atoms with Crippen molar-refractivity contribution in [1.29, 1.82) is 0 Å². The van der Waals surface area contributed by atoms with E-state index in [4.69, 9.17) is 4.74 Å². The summed E-state index contributed by atoms with van der Waals surface area (Å²) in [6.45, 7) is 4.90. The van der Waals surface area contributed by atoms with E-state index in [2.05, 4.69) is 27.3 Å². The number of fused-ring (bicyclic) bond motifs is 1.